The monoisotopic (exact) mass is 473 g/mol. The molecule has 2 N–H and O–H groups in total. The van der Waals surface area contributed by atoms with Crippen LogP contribution in [-0.4, -0.2) is 36.5 Å². The lowest BCUT2D eigenvalue weighted by atomic mass is 10.0. The van der Waals surface area contributed by atoms with Crippen molar-refractivity contribution in [3.63, 3.8) is 0 Å². The van der Waals surface area contributed by atoms with Crippen molar-refractivity contribution in [2.24, 2.45) is 0 Å². The van der Waals surface area contributed by atoms with Gasteiger partial charge in [-0.3, -0.25) is 14.5 Å². The van der Waals surface area contributed by atoms with Crippen molar-refractivity contribution in [3.05, 3.63) is 101 Å². The van der Waals surface area contributed by atoms with Crippen LogP contribution in [0.25, 0.3) is 0 Å². The Morgan fingerprint density at radius 2 is 1.53 bits per heavy atom. The molecular formula is C25H23F4N3O2. The number of alkyl halides is 3. The molecule has 0 saturated carbocycles. The number of likely N-dealkylation sites (N-methyl/N-ethyl adjacent to an activating group) is 1. The van der Waals surface area contributed by atoms with Gasteiger partial charge in [0.2, 0.25) is 5.91 Å². The van der Waals surface area contributed by atoms with Crippen LogP contribution in [0.3, 0.4) is 0 Å². The quantitative estimate of drug-likeness (QED) is 0.456. The average Bonchev–Trinajstić information content (AvgIpc) is 2.80. The molecule has 3 aromatic carbocycles. The van der Waals surface area contributed by atoms with Crippen LogP contribution < -0.4 is 10.6 Å². The number of anilines is 1. The first-order chi connectivity index (χ1) is 16.1. The maximum atomic E-state index is 13.2. The van der Waals surface area contributed by atoms with Crippen LogP contribution in [0.15, 0.2) is 78.9 Å². The van der Waals surface area contributed by atoms with Gasteiger partial charge in [-0.2, -0.15) is 13.2 Å². The van der Waals surface area contributed by atoms with Crippen LogP contribution in [0.2, 0.25) is 0 Å². The molecule has 0 aromatic heterocycles. The van der Waals surface area contributed by atoms with Crippen molar-refractivity contribution < 1.29 is 27.2 Å². The highest BCUT2D eigenvalue weighted by Gasteiger charge is 2.28. The Kier molecular flexibility index (Phi) is 8.01. The van der Waals surface area contributed by atoms with Crippen molar-refractivity contribution >= 4 is 17.5 Å². The third-order valence-corrected chi connectivity index (χ3v) is 5.01. The number of benzene rings is 3. The summed E-state index contributed by atoms with van der Waals surface area (Å²) in [5.74, 6) is -1.55. The number of rotatable bonds is 8. The molecule has 2 amide bonds. The van der Waals surface area contributed by atoms with Gasteiger partial charge in [0.05, 0.1) is 0 Å². The second-order valence-corrected chi connectivity index (χ2v) is 7.72. The minimum atomic E-state index is -4.49. The molecule has 0 radical (unpaired) electrons. The second-order valence-electron chi connectivity index (χ2n) is 7.72. The Balaban J connectivity index is 1.72. The molecule has 0 fully saturated rings. The molecule has 178 valence electrons. The number of hydrogen-bond acceptors (Lipinski definition) is 3. The van der Waals surface area contributed by atoms with Crippen LogP contribution >= 0.6 is 0 Å². The molecule has 3 rings (SSSR count). The van der Waals surface area contributed by atoms with E-state index in [1.165, 1.54) is 36.4 Å². The van der Waals surface area contributed by atoms with E-state index in [0.717, 1.165) is 11.1 Å². The SMILES string of the molecule is CN(Cc1ccc(C(=O)NCC(F)(F)F)cc1)C(C(=O)Nc1ccc(F)cc1)c1ccccc1. The molecule has 0 spiro atoms. The lowest BCUT2D eigenvalue weighted by Crippen LogP contribution is -2.34. The lowest BCUT2D eigenvalue weighted by molar-refractivity contribution is -0.123. The first-order valence-corrected chi connectivity index (χ1v) is 10.4. The van der Waals surface area contributed by atoms with Crippen LogP contribution in [-0.2, 0) is 11.3 Å². The van der Waals surface area contributed by atoms with Crippen molar-refractivity contribution in [2.75, 3.05) is 18.9 Å². The Bertz CT molecular complexity index is 1100. The predicted molar refractivity (Wildman–Crippen MR) is 121 cm³/mol. The number of amides is 2. The molecule has 9 heteroatoms. The van der Waals surface area contributed by atoms with E-state index in [2.05, 4.69) is 5.32 Å². The molecule has 0 saturated heterocycles. The summed E-state index contributed by atoms with van der Waals surface area (Å²) in [5.41, 5.74) is 2.05. The molecule has 0 aliphatic rings. The van der Waals surface area contributed by atoms with E-state index >= 15 is 0 Å². The molecule has 0 heterocycles. The van der Waals surface area contributed by atoms with Crippen LogP contribution in [0.1, 0.15) is 27.5 Å². The van der Waals surface area contributed by atoms with E-state index < -0.39 is 30.5 Å². The van der Waals surface area contributed by atoms with E-state index in [1.807, 2.05) is 35.6 Å². The van der Waals surface area contributed by atoms with Crippen molar-refractivity contribution in [3.8, 4) is 0 Å². The zero-order chi connectivity index (χ0) is 24.7. The number of carbonyl (C=O) groups is 2. The molecular weight excluding hydrogens is 450 g/mol. The van der Waals surface area contributed by atoms with Gasteiger partial charge in [-0.1, -0.05) is 42.5 Å². The Morgan fingerprint density at radius 1 is 0.912 bits per heavy atom. The number of nitrogens with one attached hydrogen (secondary N) is 2. The van der Waals surface area contributed by atoms with Gasteiger partial charge in [0.1, 0.15) is 18.4 Å². The maximum absolute atomic E-state index is 13.2. The molecule has 0 bridgehead atoms. The molecule has 5 nitrogen and oxygen atoms in total. The van der Waals surface area contributed by atoms with Gasteiger partial charge in [-0.05, 0) is 54.6 Å². The first kappa shape index (κ1) is 24.9. The van der Waals surface area contributed by atoms with Crippen molar-refractivity contribution in [1.82, 2.24) is 10.2 Å². The minimum absolute atomic E-state index is 0.101. The summed E-state index contributed by atoms with van der Waals surface area (Å²) in [6.07, 6.45) is -4.49. The summed E-state index contributed by atoms with van der Waals surface area (Å²) in [5, 5.41) is 4.62. The largest absolute Gasteiger partial charge is 0.405 e. The fourth-order valence-electron chi connectivity index (χ4n) is 3.41. The van der Waals surface area contributed by atoms with Gasteiger partial charge in [-0.25, -0.2) is 4.39 Å². The van der Waals surface area contributed by atoms with E-state index in [-0.39, 0.29) is 11.5 Å². The zero-order valence-electron chi connectivity index (χ0n) is 18.3. The highest BCUT2D eigenvalue weighted by Crippen LogP contribution is 2.24. The normalized spacial score (nSPS) is 12.3. The van der Waals surface area contributed by atoms with Gasteiger partial charge in [0.15, 0.2) is 0 Å². The van der Waals surface area contributed by atoms with Gasteiger partial charge < -0.3 is 10.6 Å². The van der Waals surface area contributed by atoms with Crippen LogP contribution in [0.5, 0.6) is 0 Å². The molecule has 34 heavy (non-hydrogen) atoms. The minimum Gasteiger partial charge on any atom is -0.343 e. The van der Waals surface area contributed by atoms with E-state index in [0.29, 0.717) is 12.2 Å². The number of hydrogen-bond donors (Lipinski definition) is 2. The summed E-state index contributed by atoms with van der Waals surface area (Å²) in [7, 11) is 1.76. The highest BCUT2D eigenvalue weighted by atomic mass is 19.4. The van der Waals surface area contributed by atoms with Crippen molar-refractivity contribution in [2.45, 2.75) is 18.8 Å². The van der Waals surface area contributed by atoms with E-state index in [4.69, 9.17) is 0 Å². The van der Waals surface area contributed by atoms with Gasteiger partial charge in [0.25, 0.3) is 5.91 Å². The second kappa shape index (κ2) is 10.9. The summed E-state index contributed by atoms with van der Waals surface area (Å²) < 4.78 is 50.1. The fourth-order valence-corrected chi connectivity index (χ4v) is 3.41. The molecule has 1 atom stereocenters. The molecule has 3 aromatic rings. The van der Waals surface area contributed by atoms with Gasteiger partial charge in [-0.15, -0.1) is 0 Å². The van der Waals surface area contributed by atoms with E-state index in [9.17, 15) is 27.2 Å². The predicted octanol–water partition coefficient (Wildman–Crippen LogP) is 4.93. The Hall–Kier alpha value is -3.72. The molecule has 1 unspecified atom stereocenters. The summed E-state index contributed by atoms with van der Waals surface area (Å²) in [6, 6.07) is 20.0. The van der Waals surface area contributed by atoms with Crippen molar-refractivity contribution in [1.29, 1.82) is 0 Å². The zero-order valence-corrected chi connectivity index (χ0v) is 18.3. The lowest BCUT2D eigenvalue weighted by Gasteiger charge is -2.28. The number of halogens is 4. The van der Waals surface area contributed by atoms with E-state index in [1.54, 1.807) is 24.1 Å². The van der Waals surface area contributed by atoms with Crippen LogP contribution in [0, 0.1) is 5.82 Å². The molecule has 0 aliphatic heterocycles. The third kappa shape index (κ3) is 7.14. The average molecular weight is 473 g/mol. The van der Waals surface area contributed by atoms with Gasteiger partial charge in [0, 0.05) is 17.8 Å². The summed E-state index contributed by atoms with van der Waals surface area (Å²) in [4.78, 5) is 26.8. The summed E-state index contributed by atoms with van der Waals surface area (Å²) in [6.45, 7) is -1.08. The standard InChI is InChI=1S/C25H23F4N3O2/c1-32(15-17-7-9-19(10-8-17)23(33)30-16-25(27,28)29)22(18-5-3-2-4-6-18)24(34)31-21-13-11-20(26)12-14-21/h2-14,22H,15-16H2,1H3,(H,30,33)(H,31,34). The number of carbonyl (C=O) groups excluding carboxylic acids is 2. The number of nitrogens with zero attached hydrogens (tertiary/aromatic N) is 1. The molecule has 0 aliphatic carbocycles. The maximum Gasteiger partial charge on any atom is 0.405 e. The topological polar surface area (TPSA) is 61.4 Å². The van der Waals surface area contributed by atoms with Crippen LogP contribution in [0.4, 0.5) is 23.2 Å². The Morgan fingerprint density at radius 3 is 2.12 bits per heavy atom. The fraction of sp³-hybridized carbons (Fsp3) is 0.200. The first-order valence-electron chi connectivity index (χ1n) is 10.4. The summed E-state index contributed by atoms with van der Waals surface area (Å²) >= 11 is 0. The van der Waals surface area contributed by atoms with Gasteiger partial charge >= 0.3 is 6.18 Å². The third-order valence-electron chi connectivity index (χ3n) is 5.01. The Labute approximate surface area is 194 Å². The highest BCUT2D eigenvalue weighted by molar-refractivity contribution is 5.95. The smallest absolute Gasteiger partial charge is 0.343 e.